The Kier molecular flexibility index (Phi) is 3.25. The number of azide groups is 1. The standard InChI is InChI=1S/C8H7F2N3O/c1-2-14-8-6(10)3-5(9)4-7(8)12-13-11/h3-4H,2H2,1H3. The molecule has 0 bridgehead atoms. The molecular formula is C8H7F2N3O. The third-order valence-electron chi connectivity index (χ3n) is 1.43. The molecule has 1 rings (SSSR count). The first-order valence-corrected chi connectivity index (χ1v) is 3.86. The van der Waals surface area contributed by atoms with Crippen LogP contribution in [-0.2, 0) is 0 Å². The van der Waals surface area contributed by atoms with E-state index in [-0.39, 0.29) is 18.0 Å². The maximum absolute atomic E-state index is 13.1. The van der Waals surface area contributed by atoms with Gasteiger partial charge in [-0.15, -0.1) is 0 Å². The monoisotopic (exact) mass is 199 g/mol. The molecule has 0 atom stereocenters. The van der Waals surface area contributed by atoms with Crippen molar-refractivity contribution in [2.24, 2.45) is 5.11 Å². The molecule has 0 aliphatic carbocycles. The molecule has 0 heterocycles. The summed E-state index contributed by atoms with van der Waals surface area (Å²) in [5.41, 5.74) is 7.96. The van der Waals surface area contributed by atoms with Gasteiger partial charge in [-0.2, -0.15) is 0 Å². The Morgan fingerprint density at radius 3 is 2.79 bits per heavy atom. The van der Waals surface area contributed by atoms with Crippen LogP contribution in [0.4, 0.5) is 14.5 Å². The van der Waals surface area contributed by atoms with Crippen molar-refractivity contribution in [2.75, 3.05) is 6.61 Å². The number of ether oxygens (including phenoxy) is 1. The molecular weight excluding hydrogens is 192 g/mol. The van der Waals surface area contributed by atoms with Gasteiger partial charge in [0.2, 0.25) is 0 Å². The van der Waals surface area contributed by atoms with Crippen molar-refractivity contribution >= 4 is 5.69 Å². The zero-order valence-electron chi connectivity index (χ0n) is 7.37. The number of benzene rings is 1. The Morgan fingerprint density at radius 1 is 1.50 bits per heavy atom. The summed E-state index contributed by atoms with van der Waals surface area (Å²) in [6, 6.07) is 1.58. The van der Waals surface area contributed by atoms with Crippen LogP contribution in [-0.4, -0.2) is 6.61 Å². The summed E-state index contributed by atoms with van der Waals surface area (Å²) >= 11 is 0. The highest BCUT2D eigenvalue weighted by molar-refractivity contribution is 5.52. The first-order chi connectivity index (χ1) is 6.69. The second kappa shape index (κ2) is 4.43. The van der Waals surface area contributed by atoms with Crippen molar-refractivity contribution < 1.29 is 13.5 Å². The molecule has 0 spiro atoms. The first-order valence-electron chi connectivity index (χ1n) is 3.86. The molecule has 1 aromatic carbocycles. The van der Waals surface area contributed by atoms with E-state index in [1.54, 1.807) is 6.92 Å². The van der Waals surface area contributed by atoms with Crippen LogP contribution in [0.2, 0.25) is 0 Å². The summed E-state index contributed by atoms with van der Waals surface area (Å²) in [6.45, 7) is 1.85. The maximum Gasteiger partial charge on any atom is 0.168 e. The van der Waals surface area contributed by atoms with Gasteiger partial charge in [-0.1, -0.05) is 5.11 Å². The van der Waals surface area contributed by atoms with Gasteiger partial charge in [0, 0.05) is 11.0 Å². The molecule has 0 aliphatic heterocycles. The van der Waals surface area contributed by atoms with Gasteiger partial charge in [0.25, 0.3) is 0 Å². The average molecular weight is 199 g/mol. The Morgan fingerprint density at radius 2 is 2.21 bits per heavy atom. The Balaban J connectivity index is 3.28. The van der Waals surface area contributed by atoms with Crippen molar-refractivity contribution in [3.05, 3.63) is 34.2 Å². The number of rotatable bonds is 3. The second-order valence-electron chi connectivity index (χ2n) is 2.36. The van der Waals surface area contributed by atoms with Crippen LogP contribution < -0.4 is 4.74 Å². The van der Waals surface area contributed by atoms with Crippen LogP contribution >= 0.6 is 0 Å². The molecule has 0 N–H and O–H groups in total. The lowest BCUT2D eigenvalue weighted by Crippen LogP contribution is -1.95. The van der Waals surface area contributed by atoms with E-state index in [1.807, 2.05) is 0 Å². The number of hydrogen-bond donors (Lipinski definition) is 0. The highest BCUT2D eigenvalue weighted by Crippen LogP contribution is 2.31. The fourth-order valence-electron chi connectivity index (χ4n) is 0.956. The lowest BCUT2D eigenvalue weighted by molar-refractivity contribution is 0.321. The molecule has 0 aromatic heterocycles. The average Bonchev–Trinajstić information content (AvgIpc) is 2.11. The van der Waals surface area contributed by atoms with Crippen molar-refractivity contribution in [1.29, 1.82) is 0 Å². The molecule has 0 saturated heterocycles. The first kappa shape index (κ1) is 10.3. The van der Waals surface area contributed by atoms with E-state index in [0.717, 1.165) is 6.07 Å². The number of hydrogen-bond acceptors (Lipinski definition) is 2. The summed E-state index contributed by atoms with van der Waals surface area (Å²) in [7, 11) is 0. The van der Waals surface area contributed by atoms with E-state index in [0.29, 0.717) is 6.07 Å². The van der Waals surface area contributed by atoms with E-state index in [9.17, 15) is 8.78 Å². The van der Waals surface area contributed by atoms with Crippen LogP contribution in [0, 0.1) is 11.6 Å². The topological polar surface area (TPSA) is 58.0 Å². The fourth-order valence-corrected chi connectivity index (χ4v) is 0.956. The highest BCUT2D eigenvalue weighted by atomic mass is 19.1. The quantitative estimate of drug-likeness (QED) is 0.418. The van der Waals surface area contributed by atoms with Gasteiger partial charge < -0.3 is 4.74 Å². The minimum Gasteiger partial charge on any atom is -0.490 e. The van der Waals surface area contributed by atoms with Crippen LogP contribution in [0.25, 0.3) is 10.4 Å². The predicted octanol–water partition coefficient (Wildman–Crippen LogP) is 3.31. The van der Waals surface area contributed by atoms with Crippen LogP contribution in [0.1, 0.15) is 6.92 Å². The van der Waals surface area contributed by atoms with Gasteiger partial charge in [0.1, 0.15) is 5.82 Å². The smallest absolute Gasteiger partial charge is 0.168 e. The molecule has 1 aromatic rings. The largest absolute Gasteiger partial charge is 0.490 e. The van der Waals surface area contributed by atoms with E-state index in [4.69, 9.17) is 10.3 Å². The van der Waals surface area contributed by atoms with Crippen molar-refractivity contribution in [2.45, 2.75) is 6.92 Å². The van der Waals surface area contributed by atoms with Crippen LogP contribution in [0.15, 0.2) is 17.2 Å². The van der Waals surface area contributed by atoms with Crippen molar-refractivity contribution in [3.8, 4) is 5.75 Å². The Bertz CT molecular complexity index is 388. The van der Waals surface area contributed by atoms with Crippen LogP contribution in [0.5, 0.6) is 5.75 Å². The van der Waals surface area contributed by atoms with Gasteiger partial charge in [0.15, 0.2) is 11.6 Å². The Hall–Kier alpha value is -1.81. The zero-order valence-corrected chi connectivity index (χ0v) is 7.37. The van der Waals surface area contributed by atoms with E-state index in [1.165, 1.54) is 0 Å². The van der Waals surface area contributed by atoms with E-state index in [2.05, 4.69) is 10.0 Å². The molecule has 74 valence electrons. The third-order valence-corrected chi connectivity index (χ3v) is 1.43. The lowest BCUT2D eigenvalue weighted by Gasteiger charge is -2.07. The van der Waals surface area contributed by atoms with Crippen LogP contribution in [0.3, 0.4) is 0 Å². The second-order valence-corrected chi connectivity index (χ2v) is 2.36. The molecule has 0 fully saturated rings. The summed E-state index contributed by atoms with van der Waals surface area (Å²) < 4.78 is 30.6. The molecule has 6 heteroatoms. The summed E-state index contributed by atoms with van der Waals surface area (Å²) in [5.74, 6) is -1.92. The molecule has 0 saturated carbocycles. The summed E-state index contributed by atoms with van der Waals surface area (Å²) in [5, 5.41) is 3.12. The number of halogens is 2. The summed E-state index contributed by atoms with van der Waals surface area (Å²) in [4.78, 5) is 2.44. The summed E-state index contributed by atoms with van der Waals surface area (Å²) in [6.07, 6.45) is 0. The van der Waals surface area contributed by atoms with Gasteiger partial charge in [0.05, 0.1) is 12.3 Å². The van der Waals surface area contributed by atoms with Gasteiger partial charge >= 0.3 is 0 Å². The minimum atomic E-state index is -0.880. The van der Waals surface area contributed by atoms with Crippen molar-refractivity contribution in [1.82, 2.24) is 0 Å². The van der Waals surface area contributed by atoms with Gasteiger partial charge in [-0.25, -0.2) is 8.78 Å². The van der Waals surface area contributed by atoms with E-state index < -0.39 is 11.6 Å². The van der Waals surface area contributed by atoms with Gasteiger partial charge in [-0.05, 0) is 18.5 Å². The molecule has 0 radical (unpaired) electrons. The Labute approximate surface area is 78.7 Å². The molecule has 0 aliphatic rings. The van der Waals surface area contributed by atoms with Gasteiger partial charge in [-0.3, -0.25) is 0 Å². The molecule has 0 amide bonds. The predicted molar refractivity (Wildman–Crippen MR) is 46.3 cm³/mol. The highest BCUT2D eigenvalue weighted by Gasteiger charge is 2.10. The fraction of sp³-hybridized carbons (Fsp3) is 0.250. The minimum absolute atomic E-state index is 0.188. The molecule has 4 nitrogen and oxygen atoms in total. The SMILES string of the molecule is CCOc1c(F)cc(F)cc1N=[N+]=[N-]. The van der Waals surface area contributed by atoms with E-state index >= 15 is 0 Å². The third kappa shape index (κ3) is 2.11. The van der Waals surface area contributed by atoms with Crippen molar-refractivity contribution in [3.63, 3.8) is 0 Å². The maximum atomic E-state index is 13.1. The normalized spacial score (nSPS) is 9.36. The molecule has 14 heavy (non-hydrogen) atoms. The number of nitrogens with zero attached hydrogens (tertiary/aromatic N) is 3. The zero-order chi connectivity index (χ0) is 10.6. The molecule has 0 unspecified atom stereocenters. The lowest BCUT2D eigenvalue weighted by atomic mass is 10.3.